The summed E-state index contributed by atoms with van der Waals surface area (Å²) in [5.41, 5.74) is -0.421. The Hall–Kier alpha value is -2.34. The molecule has 0 atom stereocenters. The molecule has 3 aromatic rings. The molecular weight excluding hydrogens is 343 g/mol. The van der Waals surface area contributed by atoms with E-state index in [-0.39, 0.29) is 32.5 Å². The van der Waals surface area contributed by atoms with Crippen LogP contribution in [0.5, 0.6) is 11.5 Å². The van der Waals surface area contributed by atoms with E-state index in [9.17, 15) is 19.4 Å². The predicted molar refractivity (Wildman–Crippen MR) is 78.9 cm³/mol. The predicted octanol–water partition coefficient (Wildman–Crippen LogP) is 3.77. The topological polar surface area (TPSA) is 70.7 Å². The summed E-state index contributed by atoms with van der Waals surface area (Å²) >= 11 is 3.05. The zero-order valence-electron chi connectivity index (χ0n) is 10.4. The highest BCUT2D eigenvalue weighted by molar-refractivity contribution is 9.10. The molecule has 0 amide bonds. The maximum atomic E-state index is 14.3. The van der Waals surface area contributed by atoms with Crippen molar-refractivity contribution in [3.8, 4) is 22.8 Å². The lowest BCUT2D eigenvalue weighted by atomic mass is 10.1. The Morgan fingerprint density at radius 3 is 2.57 bits per heavy atom. The Bertz CT molecular complexity index is 917. The van der Waals surface area contributed by atoms with Crippen molar-refractivity contribution < 1.29 is 19.0 Å². The van der Waals surface area contributed by atoms with E-state index in [1.807, 2.05) is 0 Å². The van der Waals surface area contributed by atoms with E-state index in [1.165, 1.54) is 18.2 Å². The number of aromatic hydroxyl groups is 2. The fourth-order valence-corrected chi connectivity index (χ4v) is 2.54. The van der Waals surface area contributed by atoms with Gasteiger partial charge < -0.3 is 14.6 Å². The molecule has 0 unspecified atom stereocenters. The minimum atomic E-state index is -1.06. The van der Waals surface area contributed by atoms with Crippen LogP contribution in [0.3, 0.4) is 0 Å². The van der Waals surface area contributed by atoms with Crippen molar-refractivity contribution in [1.29, 1.82) is 0 Å². The summed E-state index contributed by atoms with van der Waals surface area (Å²) in [6, 6.07) is 8.82. The van der Waals surface area contributed by atoms with Crippen LogP contribution in [0, 0.1) is 5.82 Å². The van der Waals surface area contributed by atoms with Crippen molar-refractivity contribution in [2.75, 3.05) is 0 Å². The van der Waals surface area contributed by atoms with Gasteiger partial charge in [-0.2, -0.15) is 4.39 Å². The number of fused-ring (bicyclic) bond motifs is 1. The summed E-state index contributed by atoms with van der Waals surface area (Å²) in [6.07, 6.45) is 0. The molecule has 0 spiro atoms. The number of phenolic OH excluding ortho intramolecular Hbond substituents is 2. The molecule has 106 valence electrons. The monoisotopic (exact) mass is 350 g/mol. The SMILES string of the molecule is O=c1c(F)c(-c2ccc(O)c(O)c2Br)oc2ccccc12. The largest absolute Gasteiger partial charge is 0.504 e. The van der Waals surface area contributed by atoms with E-state index in [0.717, 1.165) is 0 Å². The second kappa shape index (κ2) is 4.89. The molecule has 0 saturated carbocycles. The van der Waals surface area contributed by atoms with Gasteiger partial charge in [-0.1, -0.05) is 12.1 Å². The van der Waals surface area contributed by atoms with Crippen molar-refractivity contribution >= 4 is 26.9 Å². The quantitative estimate of drug-likeness (QED) is 0.655. The lowest BCUT2D eigenvalue weighted by Crippen LogP contribution is -2.08. The Morgan fingerprint density at radius 1 is 1.10 bits per heavy atom. The van der Waals surface area contributed by atoms with Crippen molar-refractivity contribution in [2.24, 2.45) is 0 Å². The maximum absolute atomic E-state index is 14.3. The van der Waals surface area contributed by atoms with E-state index in [4.69, 9.17) is 4.42 Å². The molecule has 1 heterocycles. The van der Waals surface area contributed by atoms with Gasteiger partial charge in [0.2, 0.25) is 11.2 Å². The number of hydrogen-bond acceptors (Lipinski definition) is 4. The third kappa shape index (κ3) is 2.08. The van der Waals surface area contributed by atoms with Gasteiger partial charge in [0.25, 0.3) is 0 Å². The highest BCUT2D eigenvalue weighted by atomic mass is 79.9. The molecule has 3 rings (SSSR count). The lowest BCUT2D eigenvalue weighted by molar-refractivity contribution is 0.401. The highest BCUT2D eigenvalue weighted by Crippen LogP contribution is 2.41. The van der Waals surface area contributed by atoms with Gasteiger partial charge in [0.15, 0.2) is 17.3 Å². The molecule has 0 radical (unpaired) electrons. The Morgan fingerprint density at radius 2 is 1.81 bits per heavy atom. The molecule has 1 aromatic heterocycles. The van der Waals surface area contributed by atoms with Crippen molar-refractivity contribution in [3.63, 3.8) is 0 Å². The van der Waals surface area contributed by atoms with Crippen LogP contribution in [0.2, 0.25) is 0 Å². The number of hydrogen-bond donors (Lipinski definition) is 2. The molecule has 0 bridgehead atoms. The van der Waals surface area contributed by atoms with Gasteiger partial charge in [0, 0.05) is 5.56 Å². The lowest BCUT2D eigenvalue weighted by Gasteiger charge is -2.08. The van der Waals surface area contributed by atoms with Crippen molar-refractivity contribution in [1.82, 2.24) is 0 Å². The first-order valence-corrected chi connectivity index (χ1v) is 6.72. The van der Waals surface area contributed by atoms with E-state index in [2.05, 4.69) is 15.9 Å². The van der Waals surface area contributed by atoms with Crippen LogP contribution < -0.4 is 5.43 Å². The van der Waals surface area contributed by atoms with Crippen LogP contribution in [-0.2, 0) is 0 Å². The maximum Gasteiger partial charge on any atom is 0.229 e. The number of benzene rings is 2. The minimum Gasteiger partial charge on any atom is -0.504 e. The fraction of sp³-hybridized carbons (Fsp3) is 0. The number of phenols is 2. The first kappa shape index (κ1) is 13.6. The van der Waals surface area contributed by atoms with Gasteiger partial charge in [-0.05, 0) is 40.2 Å². The van der Waals surface area contributed by atoms with Crippen LogP contribution >= 0.6 is 15.9 Å². The van der Waals surface area contributed by atoms with Crippen LogP contribution in [-0.4, -0.2) is 10.2 Å². The molecule has 0 fully saturated rings. The molecule has 0 saturated heterocycles. The van der Waals surface area contributed by atoms with E-state index in [1.54, 1.807) is 18.2 Å². The highest BCUT2D eigenvalue weighted by Gasteiger charge is 2.20. The summed E-state index contributed by atoms with van der Waals surface area (Å²) in [6.45, 7) is 0. The molecule has 2 aromatic carbocycles. The number of halogens is 2. The van der Waals surface area contributed by atoms with Gasteiger partial charge >= 0.3 is 0 Å². The molecule has 6 heteroatoms. The van der Waals surface area contributed by atoms with Gasteiger partial charge in [-0.15, -0.1) is 0 Å². The third-order valence-electron chi connectivity index (χ3n) is 3.08. The molecule has 2 N–H and O–H groups in total. The standard InChI is InChI=1S/C15H8BrFO4/c16-11-8(5-6-9(18)14(11)20)15-12(17)13(19)7-3-1-2-4-10(7)21-15/h1-6,18,20H. The number of rotatable bonds is 1. The first-order chi connectivity index (χ1) is 10.0. The average Bonchev–Trinajstić information content (AvgIpc) is 2.49. The van der Waals surface area contributed by atoms with Crippen LogP contribution in [0.4, 0.5) is 4.39 Å². The molecule has 0 aliphatic rings. The van der Waals surface area contributed by atoms with Crippen LogP contribution in [0.1, 0.15) is 0 Å². The third-order valence-corrected chi connectivity index (χ3v) is 3.88. The van der Waals surface area contributed by atoms with Crippen LogP contribution in [0.15, 0.2) is 50.1 Å². The minimum absolute atomic E-state index is 0.0415. The number of para-hydroxylation sites is 1. The smallest absolute Gasteiger partial charge is 0.229 e. The summed E-state index contributed by atoms with van der Waals surface area (Å²) in [4.78, 5) is 12.0. The van der Waals surface area contributed by atoms with Gasteiger partial charge in [0.05, 0.1) is 9.86 Å². The second-order valence-corrected chi connectivity index (χ2v) is 5.16. The van der Waals surface area contributed by atoms with Gasteiger partial charge in [-0.3, -0.25) is 4.79 Å². The van der Waals surface area contributed by atoms with Crippen molar-refractivity contribution in [2.45, 2.75) is 0 Å². The molecule has 0 aliphatic heterocycles. The van der Waals surface area contributed by atoms with Gasteiger partial charge in [0.1, 0.15) is 5.58 Å². The Labute approximate surface area is 126 Å². The summed E-state index contributed by atoms with van der Waals surface area (Å²) in [7, 11) is 0. The molecular formula is C15H8BrFO4. The first-order valence-electron chi connectivity index (χ1n) is 5.93. The van der Waals surface area contributed by atoms with Gasteiger partial charge in [-0.25, -0.2) is 0 Å². The summed E-state index contributed by atoms with van der Waals surface area (Å²) in [5, 5.41) is 19.2. The fourth-order valence-electron chi connectivity index (χ4n) is 2.02. The zero-order valence-corrected chi connectivity index (χ0v) is 12.0. The zero-order chi connectivity index (χ0) is 15.1. The summed E-state index contributed by atoms with van der Waals surface area (Å²) in [5.74, 6) is -2.18. The summed E-state index contributed by atoms with van der Waals surface area (Å²) < 4.78 is 19.7. The molecule has 0 aliphatic carbocycles. The normalized spacial score (nSPS) is 11.0. The Kier molecular flexibility index (Phi) is 3.17. The molecule has 21 heavy (non-hydrogen) atoms. The molecule has 4 nitrogen and oxygen atoms in total. The Balaban J connectivity index is 2.39. The average molecular weight is 351 g/mol. The van der Waals surface area contributed by atoms with E-state index < -0.39 is 17.0 Å². The second-order valence-electron chi connectivity index (χ2n) is 4.37. The van der Waals surface area contributed by atoms with E-state index >= 15 is 0 Å². The van der Waals surface area contributed by atoms with Crippen LogP contribution in [0.25, 0.3) is 22.3 Å². The van der Waals surface area contributed by atoms with E-state index in [0.29, 0.717) is 0 Å². The van der Waals surface area contributed by atoms with Crippen molar-refractivity contribution in [3.05, 3.63) is 56.9 Å².